The number of hydrogen-bond donors (Lipinski definition) is 1. The van der Waals surface area contributed by atoms with Gasteiger partial charge in [-0.15, -0.1) is 0 Å². The summed E-state index contributed by atoms with van der Waals surface area (Å²) < 4.78 is 1.65. The lowest BCUT2D eigenvalue weighted by Gasteiger charge is -1.98. The van der Waals surface area contributed by atoms with Gasteiger partial charge in [-0.05, 0) is 12.1 Å². The van der Waals surface area contributed by atoms with E-state index in [0.29, 0.717) is 11.2 Å². The minimum absolute atomic E-state index is 0.216. The predicted molar refractivity (Wildman–Crippen MR) is 70.9 cm³/mol. The van der Waals surface area contributed by atoms with Gasteiger partial charge in [0.2, 0.25) is 5.95 Å². The van der Waals surface area contributed by atoms with Crippen LogP contribution in [0.4, 0.5) is 5.95 Å². The first kappa shape index (κ1) is 11.2. The average Bonchev–Trinajstić information content (AvgIpc) is 2.76. The lowest BCUT2D eigenvalue weighted by atomic mass is 10.1. The Bertz CT molecular complexity index is 812. The average molecular weight is 250 g/mol. The third kappa shape index (κ3) is 1.77. The SMILES string of the molecule is Cn1nc(-c2cccc(C#N)c2)c2cnc(N)nc21. The summed E-state index contributed by atoms with van der Waals surface area (Å²) in [6, 6.07) is 9.39. The summed E-state index contributed by atoms with van der Waals surface area (Å²) >= 11 is 0. The Morgan fingerprint density at radius 3 is 3.00 bits per heavy atom. The van der Waals surface area contributed by atoms with Gasteiger partial charge in [-0.3, -0.25) is 0 Å². The van der Waals surface area contributed by atoms with Crippen LogP contribution in [0.5, 0.6) is 0 Å². The van der Waals surface area contributed by atoms with Crippen molar-refractivity contribution in [1.29, 1.82) is 5.26 Å². The molecule has 2 aromatic heterocycles. The first-order valence-corrected chi connectivity index (χ1v) is 5.65. The number of aryl methyl sites for hydroxylation is 1. The summed E-state index contributed by atoms with van der Waals surface area (Å²) in [5.74, 6) is 0.216. The molecule has 3 rings (SSSR count). The van der Waals surface area contributed by atoms with Gasteiger partial charge in [0, 0.05) is 18.8 Å². The van der Waals surface area contributed by atoms with Crippen molar-refractivity contribution in [3.05, 3.63) is 36.0 Å². The molecule has 92 valence electrons. The molecule has 6 nitrogen and oxygen atoms in total. The van der Waals surface area contributed by atoms with Crippen LogP contribution in [-0.4, -0.2) is 19.7 Å². The lowest BCUT2D eigenvalue weighted by Crippen LogP contribution is -1.97. The highest BCUT2D eigenvalue weighted by Gasteiger charge is 2.12. The van der Waals surface area contributed by atoms with E-state index in [2.05, 4.69) is 21.1 Å². The largest absolute Gasteiger partial charge is 0.368 e. The molecule has 0 bridgehead atoms. The number of benzene rings is 1. The number of nitrogen functional groups attached to an aromatic ring is 1. The van der Waals surface area contributed by atoms with Crippen LogP contribution in [0.2, 0.25) is 0 Å². The summed E-state index contributed by atoms with van der Waals surface area (Å²) in [5, 5.41) is 14.2. The number of anilines is 1. The molecule has 0 aliphatic rings. The first-order chi connectivity index (χ1) is 9.19. The van der Waals surface area contributed by atoms with Crippen molar-refractivity contribution in [3.63, 3.8) is 0 Å². The molecule has 0 fully saturated rings. The monoisotopic (exact) mass is 250 g/mol. The minimum Gasteiger partial charge on any atom is -0.368 e. The summed E-state index contributed by atoms with van der Waals surface area (Å²) in [6.07, 6.45) is 1.65. The van der Waals surface area contributed by atoms with Gasteiger partial charge in [-0.25, -0.2) is 9.67 Å². The maximum atomic E-state index is 8.95. The number of rotatable bonds is 1. The molecule has 6 heteroatoms. The van der Waals surface area contributed by atoms with E-state index in [1.807, 2.05) is 12.1 Å². The number of hydrogen-bond acceptors (Lipinski definition) is 5. The van der Waals surface area contributed by atoms with Crippen LogP contribution < -0.4 is 5.73 Å². The van der Waals surface area contributed by atoms with Crippen molar-refractivity contribution in [2.24, 2.45) is 7.05 Å². The van der Waals surface area contributed by atoms with E-state index < -0.39 is 0 Å². The number of nitrogens with zero attached hydrogens (tertiary/aromatic N) is 5. The second-order valence-electron chi connectivity index (χ2n) is 4.13. The molecular formula is C13H10N6. The summed E-state index contributed by atoms with van der Waals surface area (Å²) in [5.41, 5.74) is 8.45. The third-order valence-corrected chi connectivity index (χ3v) is 2.86. The Morgan fingerprint density at radius 2 is 2.21 bits per heavy atom. The zero-order chi connectivity index (χ0) is 13.4. The molecule has 0 spiro atoms. The summed E-state index contributed by atoms with van der Waals surface area (Å²) in [6.45, 7) is 0. The Labute approximate surface area is 109 Å². The Hall–Kier alpha value is -2.94. The summed E-state index contributed by atoms with van der Waals surface area (Å²) in [4.78, 5) is 8.16. The summed E-state index contributed by atoms with van der Waals surface area (Å²) in [7, 11) is 1.80. The maximum absolute atomic E-state index is 8.95. The standard InChI is InChI=1S/C13H10N6/c1-19-12-10(7-16-13(15)17-12)11(18-19)9-4-2-3-8(5-9)6-14/h2-5,7H,1H3,(H2,15,16,17). The molecule has 19 heavy (non-hydrogen) atoms. The molecule has 0 saturated carbocycles. The van der Waals surface area contributed by atoms with Gasteiger partial charge in [0.15, 0.2) is 5.65 Å². The topological polar surface area (TPSA) is 93.4 Å². The fourth-order valence-electron chi connectivity index (χ4n) is 2.00. The van der Waals surface area contributed by atoms with E-state index in [9.17, 15) is 0 Å². The molecular weight excluding hydrogens is 240 g/mol. The predicted octanol–water partition coefficient (Wildman–Crippen LogP) is 1.48. The van der Waals surface area contributed by atoms with Crippen LogP contribution in [0, 0.1) is 11.3 Å². The van der Waals surface area contributed by atoms with Crippen LogP contribution >= 0.6 is 0 Å². The van der Waals surface area contributed by atoms with E-state index >= 15 is 0 Å². The van der Waals surface area contributed by atoms with E-state index in [4.69, 9.17) is 11.0 Å². The number of nitriles is 1. The number of nitrogens with two attached hydrogens (primary N) is 1. The Morgan fingerprint density at radius 1 is 1.37 bits per heavy atom. The Balaban J connectivity index is 2.28. The van der Waals surface area contributed by atoms with Gasteiger partial charge in [0.05, 0.1) is 17.0 Å². The maximum Gasteiger partial charge on any atom is 0.222 e. The van der Waals surface area contributed by atoms with E-state index in [1.54, 1.807) is 30.1 Å². The van der Waals surface area contributed by atoms with Crippen molar-refractivity contribution >= 4 is 17.0 Å². The smallest absolute Gasteiger partial charge is 0.222 e. The van der Waals surface area contributed by atoms with E-state index in [-0.39, 0.29) is 5.95 Å². The van der Waals surface area contributed by atoms with E-state index in [1.165, 1.54) is 0 Å². The third-order valence-electron chi connectivity index (χ3n) is 2.86. The van der Waals surface area contributed by atoms with Crippen molar-refractivity contribution in [3.8, 4) is 17.3 Å². The number of aromatic nitrogens is 4. The fraction of sp³-hybridized carbons (Fsp3) is 0.0769. The molecule has 0 saturated heterocycles. The normalized spacial score (nSPS) is 10.5. The van der Waals surface area contributed by atoms with Gasteiger partial charge < -0.3 is 5.73 Å². The molecule has 0 aliphatic heterocycles. The van der Waals surface area contributed by atoms with Gasteiger partial charge >= 0.3 is 0 Å². The Kier molecular flexibility index (Phi) is 2.39. The van der Waals surface area contributed by atoms with E-state index in [0.717, 1.165) is 16.6 Å². The highest BCUT2D eigenvalue weighted by molar-refractivity contribution is 5.91. The molecule has 0 amide bonds. The second-order valence-corrected chi connectivity index (χ2v) is 4.13. The van der Waals surface area contributed by atoms with Crippen molar-refractivity contribution in [2.45, 2.75) is 0 Å². The first-order valence-electron chi connectivity index (χ1n) is 5.65. The van der Waals surface area contributed by atoms with Crippen molar-refractivity contribution in [1.82, 2.24) is 19.7 Å². The fourth-order valence-corrected chi connectivity index (χ4v) is 2.00. The molecule has 3 aromatic rings. The highest BCUT2D eigenvalue weighted by Crippen LogP contribution is 2.26. The van der Waals surface area contributed by atoms with Gasteiger partial charge in [-0.2, -0.15) is 15.3 Å². The zero-order valence-corrected chi connectivity index (χ0v) is 10.2. The molecule has 0 radical (unpaired) electrons. The van der Waals surface area contributed by atoms with Gasteiger partial charge in [0.1, 0.15) is 5.69 Å². The molecule has 0 atom stereocenters. The molecule has 0 aliphatic carbocycles. The molecule has 1 aromatic carbocycles. The lowest BCUT2D eigenvalue weighted by molar-refractivity contribution is 0.789. The minimum atomic E-state index is 0.216. The zero-order valence-electron chi connectivity index (χ0n) is 10.2. The van der Waals surface area contributed by atoms with Crippen LogP contribution in [-0.2, 0) is 7.05 Å². The quantitative estimate of drug-likeness (QED) is 0.706. The molecule has 2 N–H and O–H groups in total. The van der Waals surface area contributed by atoms with Crippen molar-refractivity contribution < 1.29 is 0 Å². The van der Waals surface area contributed by atoms with Crippen LogP contribution in [0.15, 0.2) is 30.5 Å². The van der Waals surface area contributed by atoms with Gasteiger partial charge in [-0.1, -0.05) is 12.1 Å². The highest BCUT2D eigenvalue weighted by atomic mass is 15.3. The molecule has 0 unspecified atom stereocenters. The molecule has 2 heterocycles. The van der Waals surface area contributed by atoms with Crippen LogP contribution in [0.3, 0.4) is 0 Å². The van der Waals surface area contributed by atoms with Crippen LogP contribution in [0.1, 0.15) is 5.56 Å². The number of fused-ring (bicyclic) bond motifs is 1. The van der Waals surface area contributed by atoms with Gasteiger partial charge in [0.25, 0.3) is 0 Å². The van der Waals surface area contributed by atoms with Crippen molar-refractivity contribution in [2.75, 3.05) is 5.73 Å². The van der Waals surface area contributed by atoms with Crippen LogP contribution in [0.25, 0.3) is 22.3 Å². The second kappa shape index (κ2) is 4.07.